The van der Waals surface area contributed by atoms with E-state index in [2.05, 4.69) is 48.9 Å². The van der Waals surface area contributed by atoms with Crippen LogP contribution in [-0.4, -0.2) is 39.9 Å². The van der Waals surface area contributed by atoms with Crippen LogP contribution in [0.25, 0.3) is 10.8 Å². The van der Waals surface area contributed by atoms with Crippen LogP contribution < -0.4 is 4.90 Å². The van der Waals surface area contributed by atoms with Crippen molar-refractivity contribution < 1.29 is 9.15 Å². The Bertz CT molecular complexity index is 896. The molecule has 1 saturated heterocycles. The molecular formula is C20H25N5O2S. The molecule has 0 amide bonds. The number of thiophene rings is 1. The summed E-state index contributed by atoms with van der Waals surface area (Å²) in [5, 5.41) is 10.5. The zero-order chi connectivity index (χ0) is 19.7. The Labute approximate surface area is 168 Å². The molecule has 0 N–H and O–H groups in total. The molecule has 1 aliphatic heterocycles. The van der Waals surface area contributed by atoms with Gasteiger partial charge in [-0.15, -0.1) is 21.5 Å². The molecule has 0 aliphatic carbocycles. The standard InChI is InChI=1S/C20H25N5O2S/c1-12(2)14-10-17(22-18(21-14)13(3)4)25-7-8-26-11-15(25)19-23-24-20(27-19)16-6-5-9-28-16/h5-6,9-10,12-13,15H,7-8,11H2,1-4H3/t15-/m1/s1. The van der Waals surface area contributed by atoms with E-state index in [1.807, 2.05) is 17.5 Å². The molecule has 0 bridgehead atoms. The first-order chi connectivity index (χ1) is 13.5. The first-order valence-electron chi connectivity index (χ1n) is 9.63. The Kier molecular flexibility index (Phi) is 5.41. The average Bonchev–Trinajstić information content (AvgIpc) is 3.39. The highest BCUT2D eigenvalue weighted by molar-refractivity contribution is 7.13. The van der Waals surface area contributed by atoms with Crippen molar-refractivity contribution in [3.05, 3.63) is 41.0 Å². The van der Waals surface area contributed by atoms with Crippen molar-refractivity contribution >= 4 is 17.2 Å². The summed E-state index contributed by atoms with van der Waals surface area (Å²) >= 11 is 1.58. The van der Waals surface area contributed by atoms with Gasteiger partial charge in [0, 0.05) is 24.2 Å². The van der Waals surface area contributed by atoms with Gasteiger partial charge in [-0.3, -0.25) is 0 Å². The molecule has 1 atom stereocenters. The van der Waals surface area contributed by atoms with Crippen LogP contribution >= 0.6 is 11.3 Å². The third kappa shape index (κ3) is 3.79. The summed E-state index contributed by atoms with van der Waals surface area (Å²) in [6.07, 6.45) is 0. The Morgan fingerprint density at radius 1 is 1.14 bits per heavy atom. The third-order valence-corrected chi connectivity index (χ3v) is 5.60. The Morgan fingerprint density at radius 2 is 2.00 bits per heavy atom. The predicted molar refractivity (Wildman–Crippen MR) is 109 cm³/mol. The third-order valence-electron chi connectivity index (χ3n) is 4.74. The molecule has 28 heavy (non-hydrogen) atoms. The fourth-order valence-electron chi connectivity index (χ4n) is 3.12. The maximum absolute atomic E-state index is 6.00. The molecule has 7 nitrogen and oxygen atoms in total. The molecule has 1 fully saturated rings. The second-order valence-corrected chi connectivity index (χ2v) is 8.47. The van der Waals surface area contributed by atoms with Gasteiger partial charge in [0.1, 0.15) is 17.7 Å². The summed E-state index contributed by atoms with van der Waals surface area (Å²) < 4.78 is 11.7. The maximum Gasteiger partial charge on any atom is 0.257 e. The van der Waals surface area contributed by atoms with Gasteiger partial charge in [0.05, 0.1) is 18.1 Å². The van der Waals surface area contributed by atoms with Crippen molar-refractivity contribution in [1.29, 1.82) is 0 Å². The van der Waals surface area contributed by atoms with Crippen molar-refractivity contribution in [2.24, 2.45) is 0 Å². The van der Waals surface area contributed by atoms with Gasteiger partial charge in [0.2, 0.25) is 5.89 Å². The number of nitrogens with zero attached hydrogens (tertiary/aromatic N) is 5. The van der Waals surface area contributed by atoms with Crippen molar-refractivity contribution in [3.8, 4) is 10.8 Å². The van der Waals surface area contributed by atoms with E-state index in [1.165, 1.54) is 0 Å². The molecule has 8 heteroatoms. The smallest absolute Gasteiger partial charge is 0.257 e. The second kappa shape index (κ2) is 7.97. The molecule has 1 aliphatic rings. The highest BCUT2D eigenvalue weighted by Gasteiger charge is 2.31. The van der Waals surface area contributed by atoms with Gasteiger partial charge >= 0.3 is 0 Å². The SMILES string of the molecule is CC(C)c1cc(N2CCOC[C@@H]2c2nnc(-c3cccs3)o2)nc(C(C)C)n1. The van der Waals surface area contributed by atoms with Gasteiger partial charge in [-0.05, 0) is 17.4 Å². The molecule has 0 saturated carbocycles. The van der Waals surface area contributed by atoms with E-state index >= 15 is 0 Å². The molecule has 3 aromatic rings. The average molecular weight is 400 g/mol. The van der Waals surface area contributed by atoms with E-state index in [-0.39, 0.29) is 12.0 Å². The number of hydrogen-bond acceptors (Lipinski definition) is 8. The lowest BCUT2D eigenvalue weighted by Gasteiger charge is -2.34. The van der Waals surface area contributed by atoms with Crippen molar-refractivity contribution in [3.63, 3.8) is 0 Å². The van der Waals surface area contributed by atoms with E-state index in [0.717, 1.165) is 22.2 Å². The first-order valence-corrected chi connectivity index (χ1v) is 10.5. The van der Waals surface area contributed by atoms with E-state index < -0.39 is 0 Å². The van der Waals surface area contributed by atoms with Gasteiger partial charge in [-0.2, -0.15) is 0 Å². The lowest BCUT2D eigenvalue weighted by atomic mass is 10.1. The molecule has 0 radical (unpaired) electrons. The van der Waals surface area contributed by atoms with E-state index in [1.54, 1.807) is 11.3 Å². The number of rotatable bonds is 5. The summed E-state index contributed by atoms with van der Waals surface area (Å²) in [5.74, 6) is 3.43. The minimum atomic E-state index is -0.162. The summed E-state index contributed by atoms with van der Waals surface area (Å²) in [6.45, 7) is 10.4. The monoisotopic (exact) mass is 399 g/mol. The van der Waals surface area contributed by atoms with Crippen LogP contribution in [0.1, 0.15) is 63.0 Å². The zero-order valence-corrected chi connectivity index (χ0v) is 17.4. The molecule has 4 heterocycles. The molecular weight excluding hydrogens is 374 g/mol. The van der Waals surface area contributed by atoms with Crippen LogP contribution in [0.4, 0.5) is 5.82 Å². The summed E-state index contributed by atoms with van der Waals surface area (Å²) in [4.78, 5) is 12.8. The fraction of sp³-hybridized carbons (Fsp3) is 0.500. The van der Waals surface area contributed by atoms with Gasteiger partial charge in [0.25, 0.3) is 5.89 Å². The van der Waals surface area contributed by atoms with Gasteiger partial charge < -0.3 is 14.1 Å². The van der Waals surface area contributed by atoms with Crippen LogP contribution in [0.15, 0.2) is 28.0 Å². The van der Waals surface area contributed by atoms with Crippen LogP contribution in [0.5, 0.6) is 0 Å². The first kappa shape index (κ1) is 19.0. The quantitative estimate of drug-likeness (QED) is 0.629. The normalized spacial score (nSPS) is 17.6. The highest BCUT2D eigenvalue weighted by atomic mass is 32.1. The van der Waals surface area contributed by atoms with E-state index in [4.69, 9.17) is 19.1 Å². The summed E-state index contributed by atoms with van der Waals surface area (Å²) in [6, 6.07) is 5.86. The highest BCUT2D eigenvalue weighted by Crippen LogP contribution is 2.32. The number of ether oxygens (including phenoxy) is 1. The van der Waals surface area contributed by atoms with Crippen molar-refractivity contribution in [2.45, 2.75) is 45.6 Å². The Balaban J connectivity index is 1.70. The minimum Gasteiger partial charge on any atom is -0.418 e. The van der Waals surface area contributed by atoms with Gasteiger partial charge in [0.15, 0.2) is 0 Å². The van der Waals surface area contributed by atoms with Crippen LogP contribution in [-0.2, 0) is 4.74 Å². The zero-order valence-electron chi connectivity index (χ0n) is 16.6. The molecule has 0 aromatic carbocycles. The van der Waals surface area contributed by atoms with Crippen LogP contribution in [0, 0.1) is 0 Å². The number of morpholine rings is 1. The van der Waals surface area contributed by atoms with Crippen molar-refractivity contribution in [2.75, 3.05) is 24.7 Å². The van der Waals surface area contributed by atoms with Crippen LogP contribution in [0.3, 0.4) is 0 Å². The second-order valence-electron chi connectivity index (χ2n) is 7.53. The molecule has 148 valence electrons. The number of anilines is 1. The lowest BCUT2D eigenvalue weighted by molar-refractivity contribution is 0.0857. The summed E-state index contributed by atoms with van der Waals surface area (Å²) in [5.41, 5.74) is 1.05. The molecule has 3 aromatic heterocycles. The number of hydrogen-bond donors (Lipinski definition) is 0. The Morgan fingerprint density at radius 3 is 2.71 bits per heavy atom. The largest absolute Gasteiger partial charge is 0.418 e. The maximum atomic E-state index is 6.00. The minimum absolute atomic E-state index is 0.162. The van der Waals surface area contributed by atoms with Crippen molar-refractivity contribution in [1.82, 2.24) is 20.2 Å². The lowest BCUT2D eigenvalue weighted by Crippen LogP contribution is -2.40. The summed E-state index contributed by atoms with van der Waals surface area (Å²) in [7, 11) is 0. The molecule has 4 rings (SSSR count). The molecule has 0 unspecified atom stereocenters. The molecule has 0 spiro atoms. The topological polar surface area (TPSA) is 77.2 Å². The predicted octanol–water partition coefficient (Wildman–Crippen LogP) is 4.41. The van der Waals surface area contributed by atoms with E-state index in [9.17, 15) is 0 Å². The van der Waals surface area contributed by atoms with Gasteiger partial charge in [-0.25, -0.2) is 9.97 Å². The Hall–Kier alpha value is -2.32. The van der Waals surface area contributed by atoms with Gasteiger partial charge in [-0.1, -0.05) is 33.8 Å². The number of aromatic nitrogens is 4. The van der Waals surface area contributed by atoms with E-state index in [0.29, 0.717) is 37.5 Å². The van der Waals surface area contributed by atoms with Crippen LogP contribution in [0.2, 0.25) is 0 Å². The fourth-order valence-corrected chi connectivity index (χ4v) is 3.77.